The first-order valence-corrected chi connectivity index (χ1v) is 6.71. The summed E-state index contributed by atoms with van der Waals surface area (Å²) in [5.74, 6) is -0.000440. The van der Waals surface area contributed by atoms with Gasteiger partial charge in [0.1, 0.15) is 0 Å². The van der Waals surface area contributed by atoms with E-state index in [1.54, 1.807) is 6.07 Å². The van der Waals surface area contributed by atoms with Gasteiger partial charge in [-0.25, -0.2) is 0 Å². The minimum Gasteiger partial charge on any atom is -0.399 e. The molecule has 3 nitrogen and oxygen atoms in total. The number of aryl methyl sites for hydroxylation is 1. The first kappa shape index (κ1) is 15.8. The van der Waals surface area contributed by atoms with Crippen molar-refractivity contribution >= 4 is 24.0 Å². The molecular weight excluding hydrogens is 260 g/mol. The number of hydrogen-bond acceptors (Lipinski definition) is 2. The van der Waals surface area contributed by atoms with E-state index in [2.05, 4.69) is 12.2 Å². The summed E-state index contributed by atoms with van der Waals surface area (Å²) in [4.78, 5) is 12.2. The lowest BCUT2D eigenvalue weighted by Crippen LogP contribution is -2.41. The van der Waals surface area contributed by atoms with Crippen LogP contribution < -0.4 is 11.1 Å². The van der Waals surface area contributed by atoms with Gasteiger partial charge in [-0.05, 0) is 49.3 Å². The van der Waals surface area contributed by atoms with Crippen molar-refractivity contribution in [3.8, 4) is 0 Å². The number of carbonyl (C=O) groups excluding carboxylic acids is 1. The smallest absolute Gasteiger partial charge is 0.251 e. The maximum Gasteiger partial charge on any atom is 0.251 e. The van der Waals surface area contributed by atoms with Crippen LogP contribution >= 0.6 is 12.4 Å². The minimum absolute atomic E-state index is 0. The Bertz CT molecular complexity index is 450. The van der Waals surface area contributed by atoms with E-state index >= 15 is 0 Å². The zero-order valence-electron chi connectivity index (χ0n) is 11.7. The fourth-order valence-electron chi connectivity index (χ4n) is 2.58. The number of nitrogens with two attached hydrogens (primary N) is 1. The van der Waals surface area contributed by atoms with Crippen molar-refractivity contribution in [3.05, 3.63) is 29.3 Å². The van der Waals surface area contributed by atoms with Crippen LogP contribution in [0.4, 0.5) is 5.69 Å². The van der Waals surface area contributed by atoms with Gasteiger partial charge in [0.25, 0.3) is 5.91 Å². The Morgan fingerprint density at radius 1 is 1.42 bits per heavy atom. The molecule has 1 fully saturated rings. The average molecular weight is 283 g/mol. The van der Waals surface area contributed by atoms with Gasteiger partial charge in [0.05, 0.1) is 0 Å². The third kappa shape index (κ3) is 3.41. The fourth-order valence-corrected chi connectivity index (χ4v) is 2.58. The number of hydrogen-bond donors (Lipinski definition) is 2. The number of amides is 1. The summed E-state index contributed by atoms with van der Waals surface area (Å²) >= 11 is 0. The first-order valence-electron chi connectivity index (χ1n) is 6.71. The van der Waals surface area contributed by atoms with Crippen LogP contribution in [0.1, 0.15) is 48.5 Å². The van der Waals surface area contributed by atoms with E-state index in [1.807, 2.05) is 19.1 Å². The van der Waals surface area contributed by atoms with Crippen LogP contribution in [-0.4, -0.2) is 12.5 Å². The number of nitrogens with one attached hydrogen (secondary N) is 1. The molecule has 1 aliphatic rings. The third-order valence-corrected chi connectivity index (χ3v) is 4.29. The molecule has 0 aromatic heterocycles. The Morgan fingerprint density at radius 3 is 2.63 bits per heavy atom. The molecule has 3 N–H and O–H groups in total. The molecule has 0 unspecified atom stereocenters. The van der Waals surface area contributed by atoms with Crippen molar-refractivity contribution in [2.45, 2.75) is 39.5 Å². The average Bonchev–Trinajstić information content (AvgIpc) is 2.31. The zero-order valence-corrected chi connectivity index (χ0v) is 12.5. The molecule has 1 aromatic carbocycles. The second-order valence-corrected chi connectivity index (χ2v) is 5.46. The maximum atomic E-state index is 12.2. The fraction of sp³-hybridized carbons (Fsp3) is 0.533. The molecule has 0 radical (unpaired) electrons. The molecule has 0 heterocycles. The summed E-state index contributed by atoms with van der Waals surface area (Å²) < 4.78 is 0. The van der Waals surface area contributed by atoms with Crippen LogP contribution in [0.5, 0.6) is 0 Å². The van der Waals surface area contributed by atoms with Gasteiger partial charge in [-0.2, -0.15) is 0 Å². The highest BCUT2D eigenvalue weighted by molar-refractivity contribution is 5.96. The van der Waals surface area contributed by atoms with Crippen LogP contribution in [0.25, 0.3) is 0 Å². The van der Waals surface area contributed by atoms with Gasteiger partial charge in [0.2, 0.25) is 0 Å². The molecule has 0 aliphatic heterocycles. The summed E-state index contributed by atoms with van der Waals surface area (Å²) in [7, 11) is 0. The molecule has 1 saturated carbocycles. The van der Waals surface area contributed by atoms with Gasteiger partial charge < -0.3 is 11.1 Å². The molecule has 0 saturated heterocycles. The molecule has 106 valence electrons. The highest BCUT2D eigenvalue weighted by Crippen LogP contribution is 2.43. The van der Waals surface area contributed by atoms with Crippen LogP contribution in [0.3, 0.4) is 0 Å². The predicted octanol–water partition coefficient (Wildman–Crippen LogP) is 3.31. The normalized spacial score (nSPS) is 16.1. The Hall–Kier alpha value is -1.22. The van der Waals surface area contributed by atoms with E-state index in [9.17, 15) is 4.79 Å². The summed E-state index contributed by atoms with van der Waals surface area (Å²) in [6.07, 6.45) is 4.91. The van der Waals surface area contributed by atoms with E-state index in [0.29, 0.717) is 16.7 Å². The molecule has 1 amide bonds. The van der Waals surface area contributed by atoms with Gasteiger partial charge in [-0.15, -0.1) is 12.4 Å². The summed E-state index contributed by atoms with van der Waals surface area (Å²) in [5, 5.41) is 3.07. The van der Waals surface area contributed by atoms with Crippen LogP contribution in [-0.2, 0) is 0 Å². The quantitative estimate of drug-likeness (QED) is 0.833. The third-order valence-electron chi connectivity index (χ3n) is 4.29. The van der Waals surface area contributed by atoms with Crippen LogP contribution in [0, 0.1) is 12.3 Å². The molecule has 4 heteroatoms. The molecule has 0 atom stereocenters. The van der Waals surface area contributed by atoms with Gasteiger partial charge in [-0.1, -0.05) is 19.4 Å². The van der Waals surface area contributed by atoms with Gasteiger partial charge in [0.15, 0.2) is 0 Å². The van der Waals surface area contributed by atoms with E-state index in [0.717, 1.165) is 18.5 Å². The van der Waals surface area contributed by atoms with Crippen molar-refractivity contribution in [2.24, 2.45) is 5.41 Å². The van der Waals surface area contributed by atoms with Crippen molar-refractivity contribution in [1.29, 1.82) is 0 Å². The Balaban J connectivity index is 0.00000180. The van der Waals surface area contributed by atoms with E-state index in [1.165, 1.54) is 19.3 Å². The molecular formula is C15H23ClN2O. The molecule has 0 bridgehead atoms. The number of anilines is 1. The number of rotatable bonds is 4. The van der Waals surface area contributed by atoms with Gasteiger partial charge in [-0.3, -0.25) is 4.79 Å². The van der Waals surface area contributed by atoms with E-state index < -0.39 is 0 Å². The Kier molecular flexibility index (Phi) is 5.24. The Morgan fingerprint density at radius 2 is 2.11 bits per heavy atom. The van der Waals surface area contributed by atoms with Gasteiger partial charge in [0, 0.05) is 17.8 Å². The van der Waals surface area contributed by atoms with Gasteiger partial charge >= 0.3 is 0 Å². The Labute approximate surface area is 121 Å². The second-order valence-electron chi connectivity index (χ2n) is 5.46. The van der Waals surface area contributed by atoms with Crippen LogP contribution in [0.2, 0.25) is 0 Å². The monoisotopic (exact) mass is 282 g/mol. The zero-order chi connectivity index (χ0) is 13.2. The molecule has 1 aliphatic carbocycles. The number of benzene rings is 1. The summed E-state index contributed by atoms with van der Waals surface area (Å²) in [6, 6.07) is 5.47. The predicted molar refractivity (Wildman–Crippen MR) is 81.7 cm³/mol. The second kappa shape index (κ2) is 6.29. The van der Waals surface area contributed by atoms with Crippen molar-refractivity contribution in [1.82, 2.24) is 5.32 Å². The van der Waals surface area contributed by atoms with Crippen molar-refractivity contribution in [3.63, 3.8) is 0 Å². The number of carbonyl (C=O) groups is 1. The van der Waals surface area contributed by atoms with E-state index in [4.69, 9.17) is 5.73 Å². The highest BCUT2D eigenvalue weighted by atomic mass is 35.5. The summed E-state index contributed by atoms with van der Waals surface area (Å²) in [6.45, 7) is 4.93. The summed E-state index contributed by atoms with van der Waals surface area (Å²) in [5.41, 5.74) is 8.39. The molecule has 1 aromatic rings. The molecule has 19 heavy (non-hydrogen) atoms. The lowest BCUT2D eigenvalue weighted by molar-refractivity contribution is 0.0849. The van der Waals surface area contributed by atoms with Crippen molar-refractivity contribution in [2.75, 3.05) is 12.3 Å². The van der Waals surface area contributed by atoms with E-state index in [-0.39, 0.29) is 18.3 Å². The minimum atomic E-state index is -0.000440. The maximum absolute atomic E-state index is 12.2. The largest absolute Gasteiger partial charge is 0.399 e. The molecule has 0 spiro atoms. The molecule has 2 rings (SSSR count). The number of halogens is 1. The topological polar surface area (TPSA) is 55.1 Å². The SMILES string of the molecule is CCC1(CNC(=O)c2cc(N)ccc2C)CCC1.Cl. The first-order chi connectivity index (χ1) is 8.56. The standard InChI is InChI=1S/C15H22N2O.ClH/c1-3-15(7-4-8-15)10-17-14(18)13-9-12(16)6-5-11(13)2;/h5-6,9H,3-4,7-8,10,16H2,1-2H3,(H,17,18);1H. The van der Waals surface area contributed by atoms with Crippen molar-refractivity contribution < 1.29 is 4.79 Å². The lowest BCUT2D eigenvalue weighted by atomic mass is 9.67. The van der Waals surface area contributed by atoms with Crippen LogP contribution in [0.15, 0.2) is 18.2 Å². The lowest BCUT2D eigenvalue weighted by Gasteiger charge is -2.41. The number of nitrogen functional groups attached to an aromatic ring is 1. The highest BCUT2D eigenvalue weighted by Gasteiger charge is 2.35.